The summed E-state index contributed by atoms with van der Waals surface area (Å²) in [5.74, 6) is -0.314. The average Bonchev–Trinajstić information content (AvgIpc) is 2.88. The number of aromatic nitrogens is 1. The number of nitrogens with zero attached hydrogens (tertiary/aromatic N) is 2. The number of carbonyl (C=O) groups is 1. The fraction of sp³-hybridized carbons (Fsp3) is 0.600. The lowest BCUT2D eigenvalue weighted by atomic mass is 10.3. The highest BCUT2D eigenvalue weighted by molar-refractivity contribution is 7.11. The lowest BCUT2D eigenvalue weighted by Gasteiger charge is -2.14. The molecule has 0 bridgehead atoms. The average molecular weight is 255 g/mol. The Morgan fingerprint density at radius 2 is 2.18 bits per heavy atom. The Balaban J connectivity index is 1.88. The number of nitrogens with two attached hydrogens (primary N) is 2. The summed E-state index contributed by atoms with van der Waals surface area (Å²) < 4.78 is 3.93. The van der Waals surface area contributed by atoms with Crippen molar-refractivity contribution in [3.8, 4) is 0 Å². The number of nitrogen functional groups attached to an aromatic ring is 1. The van der Waals surface area contributed by atoms with E-state index in [0.29, 0.717) is 10.6 Å². The Labute approximate surface area is 104 Å². The molecule has 1 amide bonds. The third kappa shape index (κ3) is 2.86. The zero-order valence-corrected chi connectivity index (χ0v) is 10.4. The van der Waals surface area contributed by atoms with Crippen LogP contribution in [0.5, 0.6) is 0 Å². The molecule has 1 aliphatic heterocycles. The molecule has 2 heterocycles. The predicted octanol–water partition coefficient (Wildman–Crippen LogP) is 0.332. The van der Waals surface area contributed by atoms with Crippen LogP contribution in [0.25, 0.3) is 0 Å². The van der Waals surface area contributed by atoms with E-state index in [0.717, 1.165) is 26.2 Å². The molecule has 94 valence electrons. The predicted molar refractivity (Wildman–Crippen MR) is 69.2 cm³/mol. The number of anilines is 2. The first-order valence-corrected chi connectivity index (χ1v) is 6.47. The van der Waals surface area contributed by atoms with E-state index in [-0.39, 0.29) is 5.82 Å². The first-order valence-electron chi connectivity index (χ1n) is 5.69. The molecule has 0 unspecified atom stereocenters. The van der Waals surface area contributed by atoms with Gasteiger partial charge in [-0.1, -0.05) is 0 Å². The van der Waals surface area contributed by atoms with Crippen molar-refractivity contribution < 1.29 is 4.79 Å². The summed E-state index contributed by atoms with van der Waals surface area (Å²) >= 11 is 1.18. The maximum Gasteiger partial charge on any atom is 0.255 e. The smallest absolute Gasteiger partial charge is 0.255 e. The topological polar surface area (TPSA) is 97.3 Å². The first-order chi connectivity index (χ1) is 8.18. The van der Waals surface area contributed by atoms with Crippen LogP contribution >= 0.6 is 11.5 Å². The maximum absolute atomic E-state index is 11.2. The third-order valence-corrected chi connectivity index (χ3v) is 3.70. The fourth-order valence-electron chi connectivity index (χ4n) is 1.99. The standard InChI is InChI=1S/C10H17N5OS/c11-8-7(9(12)16)10(17-14-8)13-3-6-15-4-1-2-5-15/h13H,1-6H2,(H2,11,14)(H2,12,16). The van der Waals surface area contributed by atoms with E-state index < -0.39 is 5.91 Å². The zero-order valence-electron chi connectivity index (χ0n) is 9.61. The van der Waals surface area contributed by atoms with Crippen molar-refractivity contribution >= 4 is 28.3 Å². The van der Waals surface area contributed by atoms with Crippen LogP contribution in [0.1, 0.15) is 23.2 Å². The highest BCUT2D eigenvalue weighted by Gasteiger charge is 2.17. The van der Waals surface area contributed by atoms with Gasteiger partial charge >= 0.3 is 0 Å². The molecule has 0 spiro atoms. The fourth-order valence-corrected chi connectivity index (χ4v) is 2.74. The van der Waals surface area contributed by atoms with E-state index in [1.165, 1.54) is 24.4 Å². The van der Waals surface area contributed by atoms with Crippen LogP contribution in [-0.4, -0.2) is 41.4 Å². The van der Waals surface area contributed by atoms with Gasteiger partial charge in [-0.15, -0.1) is 0 Å². The van der Waals surface area contributed by atoms with Gasteiger partial charge in [-0.05, 0) is 37.5 Å². The van der Waals surface area contributed by atoms with Crippen molar-refractivity contribution in [1.29, 1.82) is 0 Å². The van der Waals surface area contributed by atoms with Gasteiger partial charge in [0.15, 0.2) is 5.82 Å². The Kier molecular flexibility index (Phi) is 3.80. The second-order valence-corrected chi connectivity index (χ2v) is 4.89. The third-order valence-electron chi connectivity index (χ3n) is 2.88. The van der Waals surface area contributed by atoms with Gasteiger partial charge in [0.05, 0.1) is 0 Å². The molecule has 1 saturated heterocycles. The summed E-state index contributed by atoms with van der Waals surface area (Å²) in [4.78, 5) is 13.6. The van der Waals surface area contributed by atoms with Gasteiger partial charge in [-0.3, -0.25) is 4.79 Å². The highest BCUT2D eigenvalue weighted by atomic mass is 32.1. The molecular formula is C10H17N5OS. The summed E-state index contributed by atoms with van der Waals surface area (Å²) in [7, 11) is 0. The molecule has 1 aromatic rings. The normalized spacial score (nSPS) is 16.2. The molecule has 2 rings (SSSR count). The van der Waals surface area contributed by atoms with Gasteiger partial charge in [0.25, 0.3) is 5.91 Å². The lowest BCUT2D eigenvalue weighted by Crippen LogP contribution is -2.26. The number of likely N-dealkylation sites (tertiary alicyclic amines) is 1. The Morgan fingerprint density at radius 3 is 2.82 bits per heavy atom. The van der Waals surface area contributed by atoms with Crippen molar-refractivity contribution in [1.82, 2.24) is 9.27 Å². The number of hydrogen-bond acceptors (Lipinski definition) is 6. The van der Waals surface area contributed by atoms with E-state index in [1.807, 2.05) is 0 Å². The molecular weight excluding hydrogens is 238 g/mol. The molecule has 1 aromatic heterocycles. The minimum Gasteiger partial charge on any atom is -0.382 e. The molecule has 5 N–H and O–H groups in total. The number of nitrogens with one attached hydrogen (secondary N) is 1. The first kappa shape index (κ1) is 12.1. The second kappa shape index (κ2) is 5.33. The van der Waals surface area contributed by atoms with Crippen LogP contribution in [0.4, 0.5) is 10.8 Å². The molecule has 17 heavy (non-hydrogen) atoms. The minimum atomic E-state index is -0.528. The van der Waals surface area contributed by atoms with Crippen LogP contribution in [0.2, 0.25) is 0 Å². The second-order valence-electron chi connectivity index (χ2n) is 4.11. The summed E-state index contributed by atoms with van der Waals surface area (Å²) in [6, 6.07) is 0. The number of rotatable bonds is 5. The van der Waals surface area contributed by atoms with Crippen LogP contribution in [0.3, 0.4) is 0 Å². The monoisotopic (exact) mass is 255 g/mol. The molecule has 0 saturated carbocycles. The highest BCUT2D eigenvalue weighted by Crippen LogP contribution is 2.25. The van der Waals surface area contributed by atoms with Crippen LogP contribution in [-0.2, 0) is 0 Å². The van der Waals surface area contributed by atoms with E-state index in [4.69, 9.17) is 11.5 Å². The van der Waals surface area contributed by atoms with E-state index in [9.17, 15) is 4.79 Å². The van der Waals surface area contributed by atoms with E-state index in [2.05, 4.69) is 14.6 Å². The largest absolute Gasteiger partial charge is 0.382 e. The lowest BCUT2D eigenvalue weighted by molar-refractivity contribution is 0.100. The molecule has 7 heteroatoms. The van der Waals surface area contributed by atoms with Crippen LogP contribution < -0.4 is 16.8 Å². The van der Waals surface area contributed by atoms with Gasteiger partial charge in [-0.2, -0.15) is 4.37 Å². The van der Waals surface area contributed by atoms with E-state index in [1.54, 1.807) is 0 Å². The van der Waals surface area contributed by atoms with Crippen LogP contribution in [0.15, 0.2) is 0 Å². The van der Waals surface area contributed by atoms with Crippen molar-refractivity contribution in [3.63, 3.8) is 0 Å². The van der Waals surface area contributed by atoms with Gasteiger partial charge < -0.3 is 21.7 Å². The summed E-state index contributed by atoms with van der Waals surface area (Å²) in [5, 5.41) is 3.85. The van der Waals surface area contributed by atoms with E-state index >= 15 is 0 Å². The number of amides is 1. The van der Waals surface area contributed by atoms with Gasteiger partial charge in [0.1, 0.15) is 10.6 Å². The number of carbonyl (C=O) groups excluding carboxylic acids is 1. The summed E-state index contributed by atoms with van der Waals surface area (Å²) in [6.45, 7) is 4.07. The van der Waals surface area contributed by atoms with Gasteiger partial charge in [0, 0.05) is 13.1 Å². The Bertz CT molecular complexity index is 399. The Hall–Kier alpha value is -1.34. The SMILES string of the molecule is NC(=O)c1c(N)nsc1NCCN1CCCC1. The molecule has 6 nitrogen and oxygen atoms in total. The number of hydrogen-bond donors (Lipinski definition) is 3. The minimum absolute atomic E-state index is 0.214. The molecule has 0 aliphatic carbocycles. The molecule has 0 aromatic carbocycles. The molecule has 1 aliphatic rings. The molecule has 0 radical (unpaired) electrons. The Morgan fingerprint density at radius 1 is 1.47 bits per heavy atom. The van der Waals surface area contributed by atoms with Crippen molar-refractivity contribution in [2.45, 2.75) is 12.8 Å². The summed E-state index contributed by atoms with van der Waals surface area (Å²) in [6.07, 6.45) is 2.56. The van der Waals surface area contributed by atoms with Gasteiger partial charge in [0.2, 0.25) is 0 Å². The quantitative estimate of drug-likeness (QED) is 0.704. The maximum atomic E-state index is 11.2. The van der Waals surface area contributed by atoms with Crippen molar-refractivity contribution in [2.75, 3.05) is 37.2 Å². The summed E-state index contributed by atoms with van der Waals surface area (Å²) in [5.41, 5.74) is 11.2. The molecule has 0 atom stereocenters. The van der Waals surface area contributed by atoms with Crippen LogP contribution in [0, 0.1) is 0 Å². The zero-order chi connectivity index (χ0) is 12.3. The van der Waals surface area contributed by atoms with Crippen molar-refractivity contribution in [3.05, 3.63) is 5.56 Å². The van der Waals surface area contributed by atoms with Gasteiger partial charge in [-0.25, -0.2) is 0 Å². The number of primary amides is 1. The molecule has 1 fully saturated rings. The van der Waals surface area contributed by atoms with Crippen molar-refractivity contribution in [2.24, 2.45) is 5.73 Å².